The summed E-state index contributed by atoms with van der Waals surface area (Å²) in [6, 6.07) is 10.4. The Morgan fingerprint density at radius 1 is 1.04 bits per heavy atom. The van der Waals surface area contributed by atoms with Crippen molar-refractivity contribution in [3.63, 3.8) is 0 Å². The summed E-state index contributed by atoms with van der Waals surface area (Å²) in [5.41, 5.74) is 1.50. The van der Waals surface area contributed by atoms with Crippen molar-refractivity contribution >= 4 is 17.9 Å². The molecule has 0 bridgehead atoms. The van der Waals surface area contributed by atoms with E-state index in [1.165, 1.54) is 11.8 Å². The number of anilines is 1. The molecule has 1 fully saturated rings. The number of nitrogens with zero attached hydrogens (tertiary/aromatic N) is 5. The van der Waals surface area contributed by atoms with Gasteiger partial charge < -0.3 is 9.32 Å². The molecule has 3 heterocycles. The summed E-state index contributed by atoms with van der Waals surface area (Å²) in [6.45, 7) is 4.11. The molecule has 0 amide bonds. The molecule has 0 spiro atoms. The van der Waals surface area contributed by atoms with Crippen LogP contribution in [-0.4, -0.2) is 45.8 Å². The highest BCUT2D eigenvalue weighted by atomic mass is 32.1. The Hall–Kier alpha value is -2.58. The first-order valence-electron chi connectivity index (χ1n) is 8.41. The van der Waals surface area contributed by atoms with Gasteiger partial charge in [0.2, 0.25) is 5.89 Å². The lowest BCUT2D eigenvalue weighted by molar-refractivity contribution is 0.192. The molecule has 1 aliphatic heterocycles. The maximum Gasteiger partial charge on any atom is 0.288 e. The number of hydrogen-bond acceptors (Lipinski definition) is 6. The highest BCUT2D eigenvalue weighted by Gasteiger charge is 2.19. The lowest BCUT2D eigenvalue weighted by atomic mass is 10.2. The smallest absolute Gasteiger partial charge is 0.288 e. The number of pyridine rings is 1. The van der Waals surface area contributed by atoms with E-state index in [2.05, 4.69) is 19.9 Å². The predicted molar refractivity (Wildman–Crippen MR) is 98.7 cm³/mol. The minimum atomic E-state index is -0.373. The fourth-order valence-corrected chi connectivity index (χ4v) is 3.21. The van der Waals surface area contributed by atoms with Crippen LogP contribution in [0.1, 0.15) is 0 Å². The monoisotopic (exact) mass is 371 g/mol. The second-order valence-corrected chi connectivity index (χ2v) is 6.45. The van der Waals surface area contributed by atoms with Crippen molar-refractivity contribution in [2.75, 3.05) is 31.1 Å². The molecule has 1 saturated heterocycles. The largest absolute Gasteiger partial charge is 0.409 e. The van der Waals surface area contributed by atoms with E-state index in [4.69, 9.17) is 16.6 Å². The normalized spacial score (nSPS) is 15.3. The zero-order valence-electron chi connectivity index (χ0n) is 14.1. The lowest BCUT2D eigenvalue weighted by Gasteiger charge is -2.35. The van der Waals surface area contributed by atoms with E-state index < -0.39 is 0 Å². The van der Waals surface area contributed by atoms with Crippen LogP contribution in [0.4, 0.5) is 10.1 Å². The van der Waals surface area contributed by atoms with Crippen molar-refractivity contribution < 1.29 is 8.81 Å². The number of halogens is 1. The van der Waals surface area contributed by atoms with E-state index >= 15 is 0 Å². The summed E-state index contributed by atoms with van der Waals surface area (Å²) < 4.78 is 21.0. The quantitative estimate of drug-likeness (QED) is 0.657. The van der Waals surface area contributed by atoms with E-state index in [1.54, 1.807) is 35.3 Å². The Morgan fingerprint density at radius 2 is 1.77 bits per heavy atom. The molecule has 0 N–H and O–H groups in total. The van der Waals surface area contributed by atoms with E-state index in [-0.39, 0.29) is 16.5 Å². The zero-order chi connectivity index (χ0) is 17.9. The Morgan fingerprint density at radius 3 is 2.50 bits per heavy atom. The summed E-state index contributed by atoms with van der Waals surface area (Å²) in [6.07, 6.45) is 3.61. The SMILES string of the molecule is Fc1ccccc1-c1nn(CN2CCN(c3ccncc3)CC2)c(=S)o1. The Balaban J connectivity index is 1.43. The van der Waals surface area contributed by atoms with Gasteiger partial charge >= 0.3 is 0 Å². The van der Waals surface area contributed by atoms with Crippen molar-refractivity contribution in [3.05, 3.63) is 59.4 Å². The zero-order valence-corrected chi connectivity index (χ0v) is 14.9. The maximum absolute atomic E-state index is 13.9. The molecule has 134 valence electrons. The molecule has 0 radical (unpaired) electrons. The van der Waals surface area contributed by atoms with Crippen LogP contribution in [0.15, 0.2) is 53.2 Å². The molecular weight excluding hydrogens is 353 g/mol. The standard InChI is InChI=1S/C18H18FN5OS/c19-16-4-2-1-3-15(16)17-21-24(18(26)25-17)13-22-9-11-23(12-10-22)14-5-7-20-8-6-14/h1-8H,9-13H2. The summed E-state index contributed by atoms with van der Waals surface area (Å²) in [4.78, 5) is 8.88. The Labute approximate surface area is 155 Å². The molecular formula is C18H18FN5OS. The van der Waals surface area contributed by atoms with Gasteiger partial charge in [-0.1, -0.05) is 12.1 Å². The van der Waals surface area contributed by atoms with Crippen molar-refractivity contribution in [2.45, 2.75) is 6.67 Å². The van der Waals surface area contributed by atoms with Gasteiger partial charge in [0, 0.05) is 44.3 Å². The van der Waals surface area contributed by atoms with Gasteiger partial charge in [0.1, 0.15) is 5.82 Å². The van der Waals surface area contributed by atoms with Crippen LogP contribution in [-0.2, 0) is 6.67 Å². The second kappa shape index (κ2) is 7.35. The van der Waals surface area contributed by atoms with Crippen LogP contribution in [0.5, 0.6) is 0 Å². The lowest BCUT2D eigenvalue weighted by Crippen LogP contribution is -2.46. The molecule has 8 heteroatoms. The van der Waals surface area contributed by atoms with Crippen molar-refractivity contribution in [1.29, 1.82) is 0 Å². The summed E-state index contributed by atoms with van der Waals surface area (Å²) >= 11 is 5.25. The number of benzene rings is 1. The van der Waals surface area contributed by atoms with Crippen LogP contribution in [0.2, 0.25) is 0 Å². The van der Waals surface area contributed by atoms with Gasteiger partial charge in [-0.25, -0.2) is 9.07 Å². The van der Waals surface area contributed by atoms with Crippen LogP contribution in [0.3, 0.4) is 0 Å². The van der Waals surface area contributed by atoms with Gasteiger partial charge in [-0.05, 0) is 36.5 Å². The Bertz CT molecular complexity index is 934. The summed E-state index contributed by atoms with van der Waals surface area (Å²) in [7, 11) is 0. The minimum Gasteiger partial charge on any atom is -0.409 e. The third-order valence-electron chi connectivity index (χ3n) is 4.44. The number of rotatable bonds is 4. The molecule has 0 saturated carbocycles. The van der Waals surface area contributed by atoms with Crippen LogP contribution in [0.25, 0.3) is 11.5 Å². The van der Waals surface area contributed by atoms with Crippen molar-refractivity contribution in [1.82, 2.24) is 19.7 Å². The first-order valence-corrected chi connectivity index (χ1v) is 8.82. The fraction of sp³-hybridized carbons (Fsp3) is 0.278. The van der Waals surface area contributed by atoms with E-state index in [0.29, 0.717) is 12.2 Å². The fourth-order valence-electron chi connectivity index (χ4n) is 3.03. The van der Waals surface area contributed by atoms with Crippen molar-refractivity contribution in [3.8, 4) is 11.5 Å². The van der Waals surface area contributed by atoms with Gasteiger partial charge in [-0.3, -0.25) is 9.88 Å². The maximum atomic E-state index is 13.9. The van der Waals surface area contributed by atoms with Gasteiger partial charge in [-0.2, -0.15) is 0 Å². The minimum absolute atomic E-state index is 0.212. The topological polar surface area (TPSA) is 50.3 Å². The van der Waals surface area contributed by atoms with Gasteiger partial charge in [0.15, 0.2) is 0 Å². The molecule has 0 unspecified atom stereocenters. The third-order valence-corrected chi connectivity index (χ3v) is 4.74. The summed E-state index contributed by atoms with van der Waals surface area (Å²) in [5.74, 6) is -0.162. The highest BCUT2D eigenvalue weighted by molar-refractivity contribution is 7.71. The second-order valence-electron chi connectivity index (χ2n) is 6.10. The third kappa shape index (κ3) is 3.51. The molecule has 1 aliphatic rings. The van der Waals surface area contributed by atoms with Crippen LogP contribution < -0.4 is 4.90 Å². The molecule has 2 aromatic heterocycles. The molecule has 6 nitrogen and oxygen atoms in total. The van der Waals surface area contributed by atoms with Gasteiger partial charge in [0.05, 0.1) is 12.2 Å². The average Bonchev–Trinajstić information content (AvgIpc) is 3.04. The molecule has 4 rings (SSSR count). The summed E-state index contributed by atoms with van der Waals surface area (Å²) in [5, 5.41) is 4.35. The molecule has 3 aromatic rings. The molecule has 0 aliphatic carbocycles. The van der Waals surface area contributed by atoms with E-state index in [0.717, 1.165) is 26.2 Å². The van der Waals surface area contributed by atoms with E-state index in [1.807, 2.05) is 12.1 Å². The molecule has 26 heavy (non-hydrogen) atoms. The Kier molecular flexibility index (Phi) is 4.77. The average molecular weight is 371 g/mol. The molecule has 0 atom stereocenters. The van der Waals surface area contributed by atoms with E-state index in [9.17, 15) is 4.39 Å². The van der Waals surface area contributed by atoms with Crippen molar-refractivity contribution in [2.24, 2.45) is 0 Å². The number of piperazine rings is 1. The van der Waals surface area contributed by atoms with Crippen LogP contribution >= 0.6 is 12.2 Å². The number of aromatic nitrogens is 3. The van der Waals surface area contributed by atoms with Gasteiger partial charge in [-0.15, -0.1) is 5.10 Å². The molecule has 1 aromatic carbocycles. The highest BCUT2D eigenvalue weighted by Crippen LogP contribution is 2.21. The number of hydrogen-bond donors (Lipinski definition) is 0. The first kappa shape index (κ1) is 16.9. The predicted octanol–water partition coefficient (Wildman–Crippen LogP) is 3.19. The van der Waals surface area contributed by atoms with Gasteiger partial charge in [0.25, 0.3) is 4.84 Å². The first-order chi connectivity index (χ1) is 12.7. The van der Waals surface area contributed by atoms with Crippen LogP contribution in [0, 0.1) is 10.7 Å².